The Labute approximate surface area is 237 Å². The molecule has 3 aromatic rings. The molecule has 2 heterocycles. The Morgan fingerprint density at radius 1 is 1.00 bits per heavy atom. The molecule has 1 saturated heterocycles. The van der Waals surface area contributed by atoms with Gasteiger partial charge >= 0.3 is 0 Å². The molecule has 1 aliphatic heterocycles. The number of hydrogen-bond donors (Lipinski definition) is 0. The maximum absolute atomic E-state index is 13.7. The minimum Gasteiger partial charge on any atom is -0.379 e. The zero-order valence-electron chi connectivity index (χ0n) is 23.4. The van der Waals surface area contributed by atoms with E-state index in [1.54, 1.807) is 10.8 Å². The van der Waals surface area contributed by atoms with Crippen LogP contribution in [0.2, 0.25) is 0 Å². The fourth-order valence-corrected chi connectivity index (χ4v) is 7.14. The van der Waals surface area contributed by atoms with Crippen molar-refractivity contribution in [2.24, 2.45) is 5.92 Å². The lowest BCUT2D eigenvalue weighted by Gasteiger charge is -2.31. The molecular formula is C31H40N4O4S. The molecule has 2 aliphatic rings. The van der Waals surface area contributed by atoms with Crippen molar-refractivity contribution in [3.8, 4) is 0 Å². The summed E-state index contributed by atoms with van der Waals surface area (Å²) in [6.45, 7) is 7.19. The molecule has 0 radical (unpaired) electrons. The quantitative estimate of drug-likeness (QED) is 0.349. The highest BCUT2D eigenvalue weighted by molar-refractivity contribution is 7.90. The van der Waals surface area contributed by atoms with Crippen LogP contribution in [0.15, 0.2) is 66.0 Å². The van der Waals surface area contributed by atoms with Gasteiger partial charge in [0.05, 0.1) is 43.9 Å². The second kappa shape index (κ2) is 13.1. The molecule has 2 fully saturated rings. The Morgan fingerprint density at radius 3 is 2.40 bits per heavy atom. The number of carbonyl (C=O) groups is 1. The maximum Gasteiger partial charge on any atom is 0.228 e. The molecule has 1 amide bonds. The number of hydrogen-bond acceptors (Lipinski definition) is 6. The minimum absolute atomic E-state index is 0.0416. The summed E-state index contributed by atoms with van der Waals surface area (Å²) < 4.78 is 34.7. The van der Waals surface area contributed by atoms with Gasteiger partial charge in [-0.2, -0.15) is 0 Å². The molecule has 1 aromatic heterocycles. The average molecular weight is 565 g/mol. The third-order valence-corrected chi connectivity index (χ3v) is 9.59. The van der Waals surface area contributed by atoms with Gasteiger partial charge in [-0.3, -0.25) is 9.69 Å². The minimum atomic E-state index is -3.73. The van der Waals surface area contributed by atoms with Gasteiger partial charge in [0, 0.05) is 32.1 Å². The third-order valence-electron chi connectivity index (χ3n) is 8.00. The first kappa shape index (κ1) is 28.5. The molecule has 40 heavy (non-hydrogen) atoms. The monoisotopic (exact) mass is 564 g/mol. The second-order valence-electron chi connectivity index (χ2n) is 11.0. The number of benzene rings is 2. The number of amides is 1. The molecule has 1 aliphatic carbocycles. The Morgan fingerprint density at radius 2 is 1.70 bits per heavy atom. The van der Waals surface area contributed by atoms with E-state index < -0.39 is 9.84 Å². The van der Waals surface area contributed by atoms with Crippen LogP contribution in [0.4, 0.5) is 0 Å². The zero-order chi connectivity index (χ0) is 28.0. The highest BCUT2D eigenvalue weighted by atomic mass is 32.2. The van der Waals surface area contributed by atoms with Crippen molar-refractivity contribution >= 4 is 15.7 Å². The van der Waals surface area contributed by atoms with Gasteiger partial charge in [0.2, 0.25) is 20.9 Å². The number of carbonyl (C=O) groups excluding carboxylic acids is 1. The maximum atomic E-state index is 13.7. The van der Waals surface area contributed by atoms with Crippen LogP contribution in [0.1, 0.15) is 48.1 Å². The molecule has 9 heteroatoms. The number of morpholine rings is 1. The first-order valence-electron chi connectivity index (χ1n) is 14.3. The van der Waals surface area contributed by atoms with Crippen LogP contribution in [-0.4, -0.2) is 73.1 Å². The number of ether oxygens (including phenoxy) is 1. The molecule has 0 spiro atoms. The molecule has 2 aromatic carbocycles. The Bertz CT molecular complexity index is 1360. The fraction of sp³-hybridized carbons (Fsp3) is 0.484. The number of aryl methyl sites for hydroxylation is 1. The summed E-state index contributed by atoms with van der Waals surface area (Å²) >= 11 is 0. The van der Waals surface area contributed by atoms with Gasteiger partial charge in [0.25, 0.3) is 0 Å². The Kier molecular flexibility index (Phi) is 9.34. The average Bonchev–Trinajstić information content (AvgIpc) is 3.64. The normalized spacial score (nSPS) is 16.8. The van der Waals surface area contributed by atoms with Crippen LogP contribution in [0.3, 0.4) is 0 Å². The highest BCUT2D eigenvalue weighted by Gasteiger charge is 2.30. The van der Waals surface area contributed by atoms with Crippen LogP contribution in [0, 0.1) is 12.8 Å². The van der Waals surface area contributed by atoms with Gasteiger partial charge in [0.1, 0.15) is 0 Å². The van der Waals surface area contributed by atoms with Crippen molar-refractivity contribution in [3.05, 3.63) is 83.2 Å². The van der Waals surface area contributed by atoms with E-state index in [-0.39, 0.29) is 22.7 Å². The van der Waals surface area contributed by atoms with Gasteiger partial charge in [-0.05, 0) is 30.9 Å². The van der Waals surface area contributed by atoms with E-state index in [4.69, 9.17) is 4.74 Å². The lowest BCUT2D eigenvalue weighted by molar-refractivity contribution is -0.136. The Hall–Kier alpha value is -3.01. The molecule has 0 bridgehead atoms. The lowest BCUT2D eigenvalue weighted by Crippen LogP contribution is -2.44. The van der Waals surface area contributed by atoms with Crippen LogP contribution in [0.25, 0.3) is 0 Å². The number of aromatic nitrogens is 2. The number of rotatable bonds is 11. The molecular weight excluding hydrogens is 524 g/mol. The number of sulfone groups is 1. The van der Waals surface area contributed by atoms with E-state index in [2.05, 4.69) is 9.88 Å². The lowest BCUT2D eigenvalue weighted by atomic mass is 10.1. The summed E-state index contributed by atoms with van der Waals surface area (Å²) in [4.78, 5) is 22.4. The first-order valence-corrected chi connectivity index (χ1v) is 16.0. The van der Waals surface area contributed by atoms with Crippen LogP contribution >= 0.6 is 0 Å². The summed E-state index contributed by atoms with van der Waals surface area (Å²) in [6.07, 6.45) is 5.66. The zero-order valence-corrected chi connectivity index (χ0v) is 24.2. The van der Waals surface area contributed by atoms with E-state index in [0.717, 1.165) is 67.7 Å². The molecule has 1 saturated carbocycles. The van der Waals surface area contributed by atoms with E-state index in [9.17, 15) is 13.2 Å². The summed E-state index contributed by atoms with van der Waals surface area (Å²) in [7, 11) is -3.73. The predicted octanol–water partition coefficient (Wildman–Crippen LogP) is 4.06. The van der Waals surface area contributed by atoms with Crippen molar-refractivity contribution < 1.29 is 17.9 Å². The van der Waals surface area contributed by atoms with Crippen LogP contribution in [0.5, 0.6) is 0 Å². The van der Waals surface area contributed by atoms with E-state index in [0.29, 0.717) is 32.8 Å². The summed E-state index contributed by atoms with van der Waals surface area (Å²) in [5.74, 6) is 0.0856. The summed E-state index contributed by atoms with van der Waals surface area (Å²) in [5, 5.41) is 0.0494. The topological polar surface area (TPSA) is 84.7 Å². The van der Waals surface area contributed by atoms with Crippen molar-refractivity contribution in [1.82, 2.24) is 19.4 Å². The van der Waals surface area contributed by atoms with Crippen molar-refractivity contribution in [3.63, 3.8) is 0 Å². The molecule has 0 unspecified atom stereocenters. The fourth-order valence-electron chi connectivity index (χ4n) is 5.65. The van der Waals surface area contributed by atoms with Crippen molar-refractivity contribution in [2.45, 2.75) is 56.6 Å². The molecule has 8 nitrogen and oxygen atoms in total. The van der Waals surface area contributed by atoms with Gasteiger partial charge in [-0.25, -0.2) is 13.4 Å². The smallest absolute Gasteiger partial charge is 0.228 e. The summed E-state index contributed by atoms with van der Waals surface area (Å²) in [6, 6.07) is 17.4. The summed E-state index contributed by atoms with van der Waals surface area (Å²) in [5.41, 5.74) is 3.53. The van der Waals surface area contributed by atoms with E-state index in [1.807, 2.05) is 66.4 Å². The highest BCUT2D eigenvalue weighted by Crippen LogP contribution is 2.28. The van der Waals surface area contributed by atoms with E-state index >= 15 is 0 Å². The largest absolute Gasteiger partial charge is 0.379 e. The van der Waals surface area contributed by atoms with Gasteiger partial charge in [-0.1, -0.05) is 73.0 Å². The van der Waals surface area contributed by atoms with Crippen molar-refractivity contribution in [1.29, 1.82) is 0 Å². The van der Waals surface area contributed by atoms with Gasteiger partial charge in [-0.15, -0.1) is 0 Å². The van der Waals surface area contributed by atoms with Gasteiger partial charge in [0.15, 0.2) is 0 Å². The van der Waals surface area contributed by atoms with Crippen LogP contribution < -0.4 is 0 Å². The molecule has 5 rings (SSSR count). The van der Waals surface area contributed by atoms with Gasteiger partial charge < -0.3 is 14.2 Å². The van der Waals surface area contributed by atoms with Crippen LogP contribution in [-0.2, 0) is 38.2 Å². The molecule has 0 atom stereocenters. The number of nitrogens with zero attached hydrogens (tertiary/aromatic N) is 4. The molecule has 0 N–H and O–H groups in total. The number of imidazole rings is 1. The second-order valence-corrected chi connectivity index (χ2v) is 12.9. The van der Waals surface area contributed by atoms with E-state index in [1.165, 1.54) is 0 Å². The standard InChI is InChI=1S/C31H40N4O4S/c1-25-11-13-27(14-12-25)24-40(37,38)31-32-21-29(35(31)22-26-7-3-2-4-8-26)23-34(30(36)28-9-5-6-10-28)16-15-33-17-19-39-20-18-33/h2-4,7-8,11-14,21,28H,5-6,9-10,15-20,22-24H2,1H3. The first-order chi connectivity index (χ1) is 19.4. The predicted molar refractivity (Wildman–Crippen MR) is 154 cm³/mol. The SMILES string of the molecule is Cc1ccc(CS(=O)(=O)c2ncc(CN(CCN3CCOCC3)C(=O)C3CCCC3)n2Cc2ccccc2)cc1. The van der Waals surface area contributed by atoms with Crippen molar-refractivity contribution in [2.75, 3.05) is 39.4 Å². The molecule has 214 valence electrons. The third kappa shape index (κ3) is 7.19. The Balaban J connectivity index is 1.44.